The monoisotopic (exact) mass is 377 g/mol. The Morgan fingerprint density at radius 1 is 1.21 bits per heavy atom. The van der Waals surface area contributed by atoms with Crippen molar-refractivity contribution in [2.24, 2.45) is 0 Å². The summed E-state index contributed by atoms with van der Waals surface area (Å²) in [6.07, 6.45) is 3.82. The summed E-state index contributed by atoms with van der Waals surface area (Å²) in [6, 6.07) is 6.40. The molecule has 24 heavy (non-hydrogen) atoms. The summed E-state index contributed by atoms with van der Waals surface area (Å²) in [6.45, 7) is 6.06. The van der Waals surface area contributed by atoms with Gasteiger partial charge in [0.15, 0.2) is 0 Å². The Hall–Kier alpha value is -1.14. The topological polar surface area (TPSA) is 35.6 Å². The quantitative estimate of drug-likeness (QED) is 0.610. The number of piperazine rings is 1. The van der Waals surface area contributed by atoms with Crippen molar-refractivity contribution in [1.29, 1.82) is 0 Å². The van der Waals surface area contributed by atoms with Crippen LogP contribution in [0.15, 0.2) is 30.3 Å². The summed E-state index contributed by atoms with van der Waals surface area (Å²) < 4.78 is 13.4. The first-order valence-electron chi connectivity index (χ1n) is 7.76. The zero-order chi connectivity index (χ0) is 15.8. The minimum absolute atomic E-state index is 0. The van der Waals surface area contributed by atoms with Crippen LogP contribution in [0.3, 0.4) is 0 Å². The fourth-order valence-corrected chi connectivity index (χ4v) is 2.42. The number of nitrogens with zero attached hydrogens (tertiary/aromatic N) is 2. The van der Waals surface area contributed by atoms with Crippen molar-refractivity contribution in [3.05, 3.63) is 41.7 Å². The van der Waals surface area contributed by atoms with Gasteiger partial charge in [-0.15, -0.1) is 24.8 Å². The molecule has 1 aliphatic heterocycles. The van der Waals surface area contributed by atoms with Crippen molar-refractivity contribution in [2.75, 3.05) is 46.3 Å². The third kappa shape index (κ3) is 8.11. The van der Waals surface area contributed by atoms with Crippen LogP contribution < -0.4 is 5.32 Å². The van der Waals surface area contributed by atoms with Gasteiger partial charge >= 0.3 is 0 Å². The van der Waals surface area contributed by atoms with E-state index in [-0.39, 0.29) is 36.5 Å². The van der Waals surface area contributed by atoms with E-state index in [2.05, 4.69) is 22.2 Å². The number of likely N-dealkylation sites (N-methyl/N-ethyl adjacent to an activating group) is 1. The fourth-order valence-electron chi connectivity index (χ4n) is 2.42. The van der Waals surface area contributed by atoms with Crippen molar-refractivity contribution < 1.29 is 9.18 Å². The van der Waals surface area contributed by atoms with E-state index in [9.17, 15) is 9.18 Å². The molecule has 0 unspecified atom stereocenters. The summed E-state index contributed by atoms with van der Waals surface area (Å²) in [4.78, 5) is 16.4. The molecule has 7 heteroatoms. The Bertz CT molecular complexity index is 520. The summed E-state index contributed by atoms with van der Waals surface area (Å²) in [7, 11) is 2.14. The molecule has 1 amide bonds. The van der Waals surface area contributed by atoms with Crippen LogP contribution in [0.2, 0.25) is 0 Å². The Kier molecular flexibility index (Phi) is 11.7. The fraction of sp³-hybridized carbons (Fsp3) is 0.471. The molecule has 0 aliphatic carbocycles. The molecule has 1 N–H and O–H groups in total. The lowest BCUT2D eigenvalue weighted by molar-refractivity contribution is -0.116. The number of amides is 1. The third-order valence-corrected chi connectivity index (χ3v) is 3.87. The van der Waals surface area contributed by atoms with Crippen LogP contribution in [-0.4, -0.2) is 62.0 Å². The molecule has 1 saturated heterocycles. The van der Waals surface area contributed by atoms with Crippen LogP contribution in [0.5, 0.6) is 0 Å². The summed E-state index contributed by atoms with van der Waals surface area (Å²) in [5.74, 6) is -0.497. The van der Waals surface area contributed by atoms with Gasteiger partial charge in [0, 0.05) is 44.4 Å². The number of rotatable bonds is 6. The largest absolute Gasteiger partial charge is 0.353 e. The molecule has 2 rings (SSSR count). The molecule has 1 aromatic rings. The number of benzene rings is 1. The average Bonchev–Trinajstić information content (AvgIpc) is 2.52. The minimum Gasteiger partial charge on any atom is -0.353 e. The van der Waals surface area contributed by atoms with Crippen LogP contribution in [0.4, 0.5) is 4.39 Å². The molecular formula is C17H26Cl2FN3O. The highest BCUT2D eigenvalue weighted by Gasteiger charge is 2.12. The first-order chi connectivity index (χ1) is 10.6. The van der Waals surface area contributed by atoms with Crippen molar-refractivity contribution >= 4 is 36.8 Å². The molecule has 0 radical (unpaired) electrons. The smallest absolute Gasteiger partial charge is 0.244 e. The lowest BCUT2D eigenvalue weighted by Gasteiger charge is -2.32. The van der Waals surface area contributed by atoms with E-state index in [1.54, 1.807) is 18.2 Å². The number of carbonyl (C=O) groups excluding carboxylic acids is 1. The van der Waals surface area contributed by atoms with E-state index < -0.39 is 0 Å². The first kappa shape index (κ1) is 22.9. The highest BCUT2D eigenvalue weighted by molar-refractivity contribution is 5.91. The van der Waals surface area contributed by atoms with Gasteiger partial charge in [0.25, 0.3) is 0 Å². The number of halogens is 3. The molecule has 4 nitrogen and oxygen atoms in total. The van der Waals surface area contributed by atoms with Crippen molar-refractivity contribution in [3.63, 3.8) is 0 Å². The zero-order valence-corrected chi connectivity index (χ0v) is 15.5. The molecule has 1 heterocycles. The molecule has 136 valence electrons. The average molecular weight is 378 g/mol. The summed E-state index contributed by atoms with van der Waals surface area (Å²) in [5, 5.41) is 2.84. The van der Waals surface area contributed by atoms with Gasteiger partial charge in [-0.2, -0.15) is 0 Å². The Labute approximate surface area is 155 Å². The second-order valence-electron chi connectivity index (χ2n) is 5.64. The van der Waals surface area contributed by atoms with Crippen molar-refractivity contribution in [2.45, 2.75) is 6.42 Å². The lowest BCUT2D eigenvalue weighted by atomic mass is 10.2. The number of nitrogens with one attached hydrogen (secondary N) is 1. The van der Waals surface area contributed by atoms with E-state index >= 15 is 0 Å². The maximum absolute atomic E-state index is 13.4. The maximum atomic E-state index is 13.4. The van der Waals surface area contributed by atoms with Crippen LogP contribution in [0.1, 0.15) is 12.0 Å². The molecule has 1 aliphatic rings. The molecular weight excluding hydrogens is 352 g/mol. The third-order valence-electron chi connectivity index (χ3n) is 3.87. The zero-order valence-electron chi connectivity index (χ0n) is 13.9. The lowest BCUT2D eigenvalue weighted by Crippen LogP contribution is -2.45. The van der Waals surface area contributed by atoms with E-state index in [1.807, 2.05) is 0 Å². The molecule has 0 aromatic heterocycles. The molecule has 0 atom stereocenters. The van der Waals surface area contributed by atoms with Crippen LogP contribution in [-0.2, 0) is 4.79 Å². The van der Waals surface area contributed by atoms with E-state index in [0.29, 0.717) is 12.1 Å². The molecule has 1 aromatic carbocycles. The molecule has 1 fully saturated rings. The molecule has 0 bridgehead atoms. The maximum Gasteiger partial charge on any atom is 0.244 e. The van der Waals surface area contributed by atoms with Gasteiger partial charge in [-0.1, -0.05) is 18.2 Å². The number of hydrogen-bond acceptors (Lipinski definition) is 3. The van der Waals surface area contributed by atoms with Gasteiger partial charge in [-0.05, 0) is 32.2 Å². The van der Waals surface area contributed by atoms with Crippen molar-refractivity contribution in [1.82, 2.24) is 15.1 Å². The normalized spacial score (nSPS) is 15.6. The Balaban J connectivity index is 0.00000264. The van der Waals surface area contributed by atoms with E-state index in [4.69, 9.17) is 0 Å². The SMILES string of the molecule is CN1CCN(CCCNC(=O)/C=C/c2ccccc2F)CC1.Cl.Cl. The Morgan fingerprint density at radius 2 is 1.88 bits per heavy atom. The van der Waals surface area contributed by atoms with E-state index in [0.717, 1.165) is 39.1 Å². The van der Waals surface area contributed by atoms with Gasteiger partial charge < -0.3 is 15.1 Å². The summed E-state index contributed by atoms with van der Waals surface area (Å²) in [5.41, 5.74) is 0.426. The molecule has 0 spiro atoms. The van der Waals surface area contributed by atoms with Gasteiger partial charge in [0.05, 0.1) is 0 Å². The number of carbonyl (C=O) groups is 1. The molecule has 0 saturated carbocycles. The highest BCUT2D eigenvalue weighted by Crippen LogP contribution is 2.07. The first-order valence-corrected chi connectivity index (χ1v) is 7.76. The van der Waals surface area contributed by atoms with Gasteiger partial charge in [0.1, 0.15) is 5.82 Å². The van der Waals surface area contributed by atoms with Gasteiger partial charge in [-0.3, -0.25) is 4.79 Å². The van der Waals surface area contributed by atoms with Crippen molar-refractivity contribution in [3.8, 4) is 0 Å². The predicted octanol–water partition coefficient (Wildman–Crippen LogP) is 2.44. The predicted molar refractivity (Wildman–Crippen MR) is 101 cm³/mol. The van der Waals surface area contributed by atoms with Gasteiger partial charge in [-0.25, -0.2) is 4.39 Å². The van der Waals surface area contributed by atoms with Crippen LogP contribution in [0, 0.1) is 5.82 Å². The number of hydrogen-bond donors (Lipinski definition) is 1. The standard InChI is InChI=1S/C17H24FN3O.2ClH/c1-20-11-13-21(14-12-20)10-4-9-19-17(22)8-7-15-5-2-3-6-16(15)18;;/h2-3,5-8H,4,9-14H2,1H3,(H,19,22);2*1H/b8-7+;;. The highest BCUT2D eigenvalue weighted by atomic mass is 35.5. The van der Waals surface area contributed by atoms with E-state index in [1.165, 1.54) is 18.2 Å². The van der Waals surface area contributed by atoms with Gasteiger partial charge in [0.2, 0.25) is 5.91 Å². The Morgan fingerprint density at radius 3 is 2.54 bits per heavy atom. The summed E-state index contributed by atoms with van der Waals surface area (Å²) >= 11 is 0. The second kappa shape index (κ2) is 12.3. The van der Waals surface area contributed by atoms with Crippen LogP contribution >= 0.6 is 24.8 Å². The van der Waals surface area contributed by atoms with Crippen LogP contribution in [0.25, 0.3) is 6.08 Å². The minimum atomic E-state index is -0.318. The second-order valence-corrected chi connectivity index (χ2v) is 5.64.